The quantitative estimate of drug-likeness (QED) is 0.835. The molecule has 1 N–H and O–H groups in total. The molecule has 1 aliphatic heterocycles. The van der Waals surface area contributed by atoms with Crippen molar-refractivity contribution < 1.29 is 4.74 Å². The number of hydrogen-bond acceptors (Lipinski definition) is 3. The molecule has 1 aromatic rings. The topological polar surface area (TPSA) is 24.5 Å². The van der Waals surface area contributed by atoms with Gasteiger partial charge in [-0.1, -0.05) is 19.9 Å². The van der Waals surface area contributed by atoms with Crippen LogP contribution in [0.3, 0.4) is 0 Å². The van der Waals surface area contributed by atoms with E-state index in [1.54, 1.807) is 0 Å². The van der Waals surface area contributed by atoms with Gasteiger partial charge in [0.25, 0.3) is 0 Å². The van der Waals surface area contributed by atoms with E-state index in [1.165, 1.54) is 37.1 Å². The number of rotatable bonds is 7. The molecule has 0 aliphatic carbocycles. The Bertz CT molecular complexity index is 451. The van der Waals surface area contributed by atoms with Gasteiger partial charge in [-0.25, -0.2) is 0 Å². The first-order chi connectivity index (χ1) is 10.6. The van der Waals surface area contributed by atoms with Crippen molar-refractivity contribution in [1.82, 2.24) is 10.2 Å². The monoisotopic (exact) mass is 304 g/mol. The molecular formula is C19H32N2O. The number of piperidine rings is 1. The van der Waals surface area contributed by atoms with Gasteiger partial charge >= 0.3 is 0 Å². The predicted molar refractivity (Wildman–Crippen MR) is 93.9 cm³/mol. The minimum absolute atomic E-state index is 0.577. The SMILES string of the molecule is CNCC1CCN(CCOc2ccc(C(C)C)c(C)c2)CC1. The van der Waals surface area contributed by atoms with Crippen LogP contribution < -0.4 is 10.1 Å². The van der Waals surface area contributed by atoms with Crippen LogP contribution in [0.5, 0.6) is 5.75 Å². The average molecular weight is 304 g/mol. The molecule has 1 aromatic carbocycles. The summed E-state index contributed by atoms with van der Waals surface area (Å²) < 4.78 is 5.94. The van der Waals surface area contributed by atoms with E-state index in [0.717, 1.165) is 31.4 Å². The highest BCUT2D eigenvalue weighted by atomic mass is 16.5. The Morgan fingerprint density at radius 1 is 1.27 bits per heavy atom. The molecule has 0 saturated carbocycles. The molecule has 1 aliphatic rings. The van der Waals surface area contributed by atoms with Gasteiger partial charge in [0.15, 0.2) is 0 Å². The summed E-state index contributed by atoms with van der Waals surface area (Å²) in [6, 6.07) is 6.49. The van der Waals surface area contributed by atoms with E-state index in [0.29, 0.717) is 5.92 Å². The van der Waals surface area contributed by atoms with Gasteiger partial charge in [-0.2, -0.15) is 0 Å². The highest BCUT2D eigenvalue weighted by molar-refractivity contribution is 5.36. The summed E-state index contributed by atoms with van der Waals surface area (Å²) in [6.45, 7) is 12.1. The van der Waals surface area contributed by atoms with Gasteiger partial charge in [-0.15, -0.1) is 0 Å². The van der Waals surface area contributed by atoms with E-state index >= 15 is 0 Å². The Labute approximate surface area is 136 Å². The first-order valence-corrected chi connectivity index (χ1v) is 8.70. The summed E-state index contributed by atoms with van der Waals surface area (Å²) in [4.78, 5) is 2.53. The Hall–Kier alpha value is -1.06. The fourth-order valence-electron chi connectivity index (χ4n) is 3.38. The Kier molecular flexibility index (Phi) is 6.71. The molecule has 1 saturated heterocycles. The van der Waals surface area contributed by atoms with Crippen LogP contribution in [0.4, 0.5) is 0 Å². The number of aryl methyl sites for hydroxylation is 1. The summed E-state index contributed by atoms with van der Waals surface area (Å²) in [5.41, 5.74) is 2.75. The van der Waals surface area contributed by atoms with E-state index in [-0.39, 0.29) is 0 Å². The van der Waals surface area contributed by atoms with Gasteiger partial charge in [0.1, 0.15) is 12.4 Å². The molecule has 0 radical (unpaired) electrons. The second kappa shape index (κ2) is 8.54. The highest BCUT2D eigenvalue weighted by Gasteiger charge is 2.18. The molecule has 0 atom stereocenters. The molecular weight excluding hydrogens is 272 g/mol. The van der Waals surface area contributed by atoms with Crippen molar-refractivity contribution in [3.8, 4) is 5.75 Å². The van der Waals surface area contributed by atoms with E-state index in [9.17, 15) is 0 Å². The highest BCUT2D eigenvalue weighted by Crippen LogP contribution is 2.23. The van der Waals surface area contributed by atoms with Crippen LogP contribution in [-0.2, 0) is 0 Å². The lowest BCUT2D eigenvalue weighted by Crippen LogP contribution is -2.38. The number of hydrogen-bond donors (Lipinski definition) is 1. The molecule has 3 nitrogen and oxygen atoms in total. The van der Waals surface area contributed by atoms with Gasteiger partial charge in [0.05, 0.1) is 0 Å². The largest absolute Gasteiger partial charge is 0.492 e. The third-order valence-electron chi connectivity index (χ3n) is 4.74. The zero-order valence-corrected chi connectivity index (χ0v) is 14.7. The second-order valence-corrected chi connectivity index (χ2v) is 6.86. The Morgan fingerprint density at radius 2 is 2.00 bits per heavy atom. The van der Waals surface area contributed by atoms with E-state index in [2.05, 4.69) is 49.2 Å². The summed E-state index contributed by atoms with van der Waals surface area (Å²) in [7, 11) is 2.05. The lowest BCUT2D eigenvalue weighted by atomic mass is 9.97. The molecule has 2 rings (SSSR count). The van der Waals surface area contributed by atoms with Crippen LogP contribution in [0.25, 0.3) is 0 Å². The lowest BCUT2D eigenvalue weighted by Gasteiger charge is -2.31. The van der Waals surface area contributed by atoms with Crippen molar-refractivity contribution >= 4 is 0 Å². The molecule has 1 heterocycles. The first kappa shape index (κ1) is 17.3. The van der Waals surface area contributed by atoms with Crippen LogP contribution >= 0.6 is 0 Å². The van der Waals surface area contributed by atoms with Gasteiger partial charge in [-0.05, 0) is 81.5 Å². The molecule has 0 aromatic heterocycles. The van der Waals surface area contributed by atoms with Crippen molar-refractivity contribution in [3.63, 3.8) is 0 Å². The maximum absolute atomic E-state index is 5.94. The third-order valence-corrected chi connectivity index (χ3v) is 4.74. The van der Waals surface area contributed by atoms with Crippen molar-refractivity contribution in [2.45, 2.75) is 39.5 Å². The van der Waals surface area contributed by atoms with Crippen molar-refractivity contribution in [3.05, 3.63) is 29.3 Å². The fourth-order valence-corrected chi connectivity index (χ4v) is 3.38. The van der Waals surface area contributed by atoms with Gasteiger partial charge in [0.2, 0.25) is 0 Å². The number of nitrogens with zero attached hydrogens (tertiary/aromatic N) is 1. The van der Waals surface area contributed by atoms with E-state index < -0.39 is 0 Å². The maximum Gasteiger partial charge on any atom is 0.119 e. The second-order valence-electron chi connectivity index (χ2n) is 6.86. The predicted octanol–water partition coefficient (Wildman–Crippen LogP) is 3.43. The summed E-state index contributed by atoms with van der Waals surface area (Å²) in [5, 5.41) is 3.29. The molecule has 1 fully saturated rings. The molecule has 0 spiro atoms. The lowest BCUT2D eigenvalue weighted by molar-refractivity contribution is 0.154. The Balaban J connectivity index is 1.72. The molecule has 124 valence electrons. The number of likely N-dealkylation sites (tertiary alicyclic amines) is 1. The van der Waals surface area contributed by atoms with Gasteiger partial charge < -0.3 is 10.1 Å². The molecule has 3 heteroatoms. The zero-order valence-electron chi connectivity index (χ0n) is 14.7. The minimum atomic E-state index is 0.577. The standard InChI is InChI=1S/C19H32N2O/c1-15(2)19-6-5-18(13-16(19)3)22-12-11-21-9-7-17(8-10-21)14-20-4/h5-6,13,15,17,20H,7-12,14H2,1-4H3. The summed E-state index contributed by atoms with van der Waals surface area (Å²) in [6.07, 6.45) is 2.62. The summed E-state index contributed by atoms with van der Waals surface area (Å²) >= 11 is 0. The number of nitrogens with one attached hydrogen (secondary N) is 1. The smallest absolute Gasteiger partial charge is 0.119 e. The summed E-state index contributed by atoms with van der Waals surface area (Å²) in [5.74, 6) is 2.44. The van der Waals surface area contributed by atoms with Crippen molar-refractivity contribution in [2.24, 2.45) is 5.92 Å². The van der Waals surface area contributed by atoms with E-state index in [4.69, 9.17) is 4.74 Å². The minimum Gasteiger partial charge on any atom is -0.492 e. The van der Waals surface area contributed by atoms with Crippen molar-refractivity contribution in [1.29, 1.82) is 0 Å². The molecule has 0 unspecified atom stereocenters. The number of ether oxygens (including phenoxy) is 1. The first-order valence-electron chi connectivity index (χ1n) is 8.70. The fraction of sp³-hybridized carbons (Fsp3) is 0.684. The normalized spacial score (nSPS) is 17.1. The van der Waals surface area contributed by atoms with Crippen LogP contribution in [0.1, 0.15) is 43.7 Å². The Morgan fingerprint density at radius 3 is 2.59 bits per heavy atom. The van der Waals surface area contributed by atoms with Gasteiger partial charge in [0, 0.05) is 6.54 Å². The third kappa shape index (κ3) is 4.99. The molecule has 0 bridgehead atoms. The maximum atomic E-state index is 5.94. The zero-order chi connectivity index (χ0) is 15.9. The molecule has 0 amide bonds. The number of benzene rings is 1. The van der Waals surface area contributed by atoms with Crippen LogP contribution in [0.2, 0.25) is 0 Å². The van der Waals surface area contributed by atoms with Crippen LogP contribution in [0.15, 0.2) is 18.2 Å². The van der Waals surface area contributed by atoms with Crippen molar-refractivity contribution in [2.75, 3.05) is 39.8 Å². The van der Waals surface area contributed by atoms with E-state index in [1.807, 2.05) is 7.05 Å². The van der Waals surface area contributed by atoms with Gasteiger partial charge in [-0.3, -0.25) is 4.90 Å². The average Bonchev–Trinajstić information content (AvgIpc) is 2.49. The molecule has 22 heavy (non-hydrogen) atoms. The van der Waals surface area contributed by atoms with Crippen LogP contribution in [-0.4, -0.2) is 44.7 Å². The van der Waals surface area contributed by atoms with Crippen LogP contribution in [0, 0.1) is 12.8 Å².